The van der Waals surface area contributed by atoms with Crippen molar-refractivity contribution < 1.29 is 0 Å². The number of hydrogen-bond donors (Lipinski definition) is 2. The Balaban J connectivity index is 2.34. The summed E-state index contributed by atoms with van der Waals surface area (Å²) in [6.45, 7) is 12.6. The van der Waals surface area contributed by atoms with Gasteiger partial charge in [-0.1, -0.05) is 6.07 Å². The molecular weight excluding hydrogens is 210 g/mol. The van der Waals surface area contributed by atoms with Gasteiger partial charge in [-0.25, -0.2) is 0 Å². The SMILES string of the molecule is Cc1cccnc1CNC(C)CNC(C)(C)C. The van der Waals surface area contributed by atoms with Gasteiger partial charge in [0.15, 0.2) is 0 Å². The molecule has 17 heavy (non-hydrogen) atoms. The Hall–Kier alpha value is -0.930. The van der Waals surface area contributed by atoms with Gasteiger partial charge in [0.2, 0.25) is 0 Å². The van der Waals surface area contributed by atoms with Gasteiger partial charge in [0.25, 0.3) is 0 Å². The molecule has 1 aromatic heterocycles. The Kier molecular flexibility index (Phi) is 5.09. The number of nitrogens with one attached hydrogen (secondary N) is 2. The van der Waals surface area contributed by atoms with E-state index in [0.29, 0.717) is 6.04 Å². The lowest BCUT2D eigenvalue weighted by atomic mass is 10.1. The molecule has 3 nitrogen and oxygen atoms in total. The van der Waals surface area contributed by atoms with Crippen LogP contribution in [0.15, 0.2) is 18.3 Å². The van der Waals surface area contributed by atoms with Crippen molar-refractivity contribution in [3.8, 4) is 0 Å². The highest BCUT2D eigenvalue weighted by Gasteiger charge is 2.10. The van der Waals surface area contributed by atoms with E-state index in [1.807, 2.05) is 12.3 Å². The summed E-state index contributed by atoms with van der Waals surface area (Å²) in [6, 6.07) is 4.52. The van der Waals surface area contributed by atoms with E-state index < -0.39 is 0 Å². The highest BCUT2D eigenvalue weighted by atomic mass is 15.0. The van der Waals surface area contributed by atoms with Crippen LogP contribution in [-0.2, 0) is 6.54 Å². The molecule has 3 heteroatoms. The molecule has 1 rings (SSSR count). The summed E-state index contributed by atoms with van der Waals surface area (Å²) >= 11 is 0. The number of hydrogen-bond acceptors (Lipinski definition) is 3. The third-order valence-corrected chi connectivity index (χ3v) is 2.67. The molecule has 0 saturated heterocycles. The minimum absolute atomic E-state index is 0.177. The van der Waals surface area contributed by atoms with Gasteiger partial charge in [0.1, 0.15) is 0 Å². The molecule has 1 heterocycles. The van der Waals surface area contributed by atoms with Crippen molar-refractivity contribution in [1.82, 2.24) is 15.6 Å². The molecule has 0 radical (unpaired) electrons. The van der Waals surface area contributed by atoms with Crippen molar-refractivity contribution in [2.45, 2.75) is 52.7 Å². The first-order valence-corrected chi connectivity index (χ1v) is 6.27. The molecule has 1 aromatic rings. The minimum atomic E-state index is 0.177. The van der Waals surface area contributed by atoms with Crippen molar-refractivity contribution in [2.24, 2.45) is 0 Å². The van der Waals surface area contributed by atoms with Crippen LogP contribution >= 0.6 is 0 Å². The topological polar surface area (TPSA) is 37.0 Å². The summed E-state index contributed by atoms with van der Waals surface area (Å²) in [6.07, 6.45) is 1.85. The maximum Gasteiger partial charge on any atom is 0.0570 e. The molecule has 0 amide bonds. The van der Waals surface area contributed by atoms with Gasteiger partial charge in [-0.05, 0) is 46.2 Å². The highest BCUT2D eigenvalue weighted by Crippen LogP contribution is 2.03. The zero-order valence-corrected chi connectivity index (χ0v) is 11.7. The third-order valence-electron chi connectivity index (χ3n) is 2.67. The van der Waals surface area contributed by atoms with Crippen LogP contribution in [0.1, 0.15) is 39.0 Å². The van der Waals surface area contributed by atoms with Gasteiger partial charge < -0.3 is 10.6 Å². The Bertz CT molecular complexity index is 342. The van der Waals surface area contributed by atoms with Crippen LogP contribution < -0.4 is 10.6 Å². The zero-order chi connectivity index (χ0) is 12.9. The average Bonchev–Trinajstić information content (AvgIpc) is 2.24. The van der Waals surface area contributed by atoms with Gasteiger partial charge in [0.05, 0.1) is 5.69 Å². The first-order chi connectivity index (χ1) is 7.88. The highest BCUT2D eigenvalue weighted by molar-refractivity contribution is 5.17. The van der Waals surface area contributed by atoms with E-state index >= 15 is 0 Å². The van der Waals surface area contributed by atoms with Gasteiger partial charge in [0, 0.05) is 30.9 Å². The summed E-state index contributed by atoms with van der Waals surface area (Å²) in [4.78, 5) is 4.38. The molecule has 0 saturated carbocycles. The predicted octanol–water partition coefficient (Wildman–Crippen LogP) is 2.26. The normalized spacial score (nSPS) is 13.7. The van der Waals surface area contributed by atoms with Gasteiger partial charge in [-0.15, -0.1) is 0 Å². The number of rotatable bonds is 5. The Labute approximate surface area is 105 Å². The summed E-state index contributed by atoms with van der Waals surface area (Å²) < 4.78 is 0. The van der Waals surface area contributed by atoms with Crippen LogP contribution in [0.5, 0.6) is 0 Å². The van der Waals surface area contributed by atoms with Crippen LogP contribution in [0.4, 0.5) is 0 Å². The van der Waals surface area contributed by atoms with E-state index in [9.17, 15) is 0 Å². The number of aryl methyl sites for hydroxylation is 1. The molecule has 1 unspecified atom stereocenters. The second kappa shape index (κ2) is 6.12. The Morgan fingerprint density at radius 3 is 2.65 bits per heavy atom. The monoisotopic (exact) mass is 235 g/mol. The zero-order valence-electron chi connectivity index (χ0n) is 11.7. The molecule has 1 atom stereocenters. The molecule has 0 aliphatic carbocycles. The summed E-state index contributed by atoms with van der Waals surface area (Å²) in [7, 11) is 0. The van der Waals surface area contributed by atoms with Crippen LogP contribution in [0.2, 0.25) is 0 Å². The maximum atomic E-state index is 4.38. The van der Waals surface area contributed by atoms with E-state index in [-0.39, 0.29) is 5.54 Å². The lowest BCUT2D eigenvalue weighted by molar-refractivity contribution is 0.386. The van der Waals surface area contributed by atoms with Crippen molar-refractivity contribution in [3.05, 3.63) is 29.6 Å². The molecule has 0 fully saturated rings. The van der Waals surface area contributed by atoms with E-state index in [2.05, 4.69) is 56.3 Å². The molecule has 2 N–H and O–H groups in total. The van der Waals surface area contributed by atoms with E-state index in [4.69, 9.17) is 0 Å². The van der Waals surface area contributed by atoms with Gasteiger partial charge >= 0.3 is 0 Å². The fourth-order valence-electron chi connectivity index (χ4n) is 1.51. The third kappa shape index (κ3) is 5.80. The smallest absolute Gasteiger partial charge is 0.0570 e. The molecule has 0 aromatic carbocycles. The lowest BCUT2D eigenvalue weighted by Gasteiger charge is -2.24. The van der Waals surface area contributed by atoms with E-state index in [1.165, 1.54) is 5.56 Å². The minimum Gasteiger partial charge on any atom is -0.311 e. The van der Waals surface area contributed by atoms with Crippen LogP contribution in [0.3, 0.4) is 0 Å². The Morgan fingerprint density at radius 1 is 1.35 bits per heavy atom. The second-order valence-corrected chi connectivity index (χ2v) is 5.68. The van der Waals surface area contributed by atoms with Gasteiger partial charge in [-0.3, -0.25) is 4.98 Å². The quantitative estimate of drug-likeness (QED) is 0.822. The van der Waals surface area contributed by atoms with Crippen LogP contribution in [-0.4, -0.2) is 23.1 Å². The largest absolute Gasteiger partial charge is 0.311 e. The van der Waals surface area contributed by atoms with Crippen LogP contribution in [0.25, 0.3) is 0 Å². The fourth-order valence-corrected chi connectivity index (χ4v) is 1.51. The van der Waals surface area contributed by atoms with E-state index in [1.54, 1.807) is 0 Å². The predicted molar refractivity (Wildman–Crippen MR) is 73.0 cm³/mol. The second-order valence-electron chi connectivity index (χ2n) is 5.68. The molecule has 0 bridgehead atoms. The molecule has 0 spiro atoms. The average molecular weight is 235 g/mol. The summed E-state index contributed by atoms with van der Waals surface area (Å²) in [5.74, 6) is 0. The molecular formula is C14H25N3. The summed E-state index contributed by atoms with van der Waals surface area (Å²) in [5, 5.41) is 6.98. The Morgan fingerprint density at radius 2 is 2.06 bits per heavy atom. The van der Waals surface area contributed by atoms with Crippen molar-refractivity contribution in [1.29, 1.82) is 0 Å². The number of nitrogens with zero attached hydrogens (tertiary/aromatic N) is 1. The fraction of sp³-hybridized carbons (Fsp3) is 0.643. The van der Waals surface area contributed by atoms with Crippen LogP contribution in [0, 0.1) is 6.92 Å². The lowest BCUT2D eigenvalue weighted by Crippen LogP contribution is -2.44. The van der Waals surface area contributed by atoms with Crippen molar-refractivity contribution in [3.63, 3.8) is 0 Å². The number of pyridine rings is 1. The molecule has 0 aliphatic heterocycles. The first-order valence-electron chi connectivity index (χ1n) is 6.27. The standard InChI is InChI=1S/C14H25N3/c1-11-7-6-8-15-13(11)10-16-12(2)9-17-14(3,4)5/h6-8,12,16-17H,9-10H2,1-5H3. The molecule has 0 aliphatic rings. The number of aromatic nitrogens is 1. The first kappa shape index (κ1) is 14.1. The maximum absolute atomic E-state index is 4.38. The summed E-state index contributed by atoms with van der Waals surface area (Å²) in [5.41, 5.74) is 2.56. The van der Waals surface area contributed by atoms with E-state index in [0.717, 1.165) is 18.8 Å². The van der Waals surface area contributed by atoms with Crippen molar-refractivity contribution in [2.75, 3.05) is 6.54 Å². The van der Waals surface area contributed by atoms with Crippen molar-refractivity contribution >= 4 is 0 Å². The molecule has 96 valence electrons. The van der Waals surface area contributed by atoms with Gasteiger partial charge in [-0.2, -0.15) is 0 Å².